The first-order valence-electron chi connectivity index (χ1n) is 9.08. The van der Waals surface area contributed by atoms with Crippen LogP contribution in [0.3, 0.4) is 0 Å². The van der Waals surface area contributed by atoms with E-state index in [1.807, 2.05) is 12.1 Å². The number of aliphatic carboxylic acids is 1. The van der Waals surface area contributed by atoms with E-state index in [0.29, 0.717) is 10.6 Å². The van der Waals surface area contributed by atoms with Crippen LogP contribution in [-0.2, 0) is 4.79 Å². The van der Waals surface area contributed by atoms with E-state index in [1.165, 1.54) is 12.3 Å². The van der Waals surface area contributed by atoms with Gasteiger partial charge in [0.1, 0.15) is 12.3 Å². The number of rotatable bonds is 5. The molecule has 0 unspecified atom stereocenters. The van der Waals surface area contributed by atoms with Crippen molar-refractivity contribution in [3.05, 3.63) is 47.1 Å². The largest absolute Gasteiger partial charge is 0.504 e. The molecule has 0 spiro atoms. The standard InChI is InChI=1S/C21H21ClN2O4/c22-16-4-6-17(7-5-16)28-21(9-2-1-3-10-21)11-8-15-12-18(25)20(23-13-15)24-14-19(26)27/h4-7,12-13,25H,1-3,9-10,14H2,(H,23,24)(H,26,27). The van der Waals surface area contributed by atoms with Crippen LogP contribution in [0.5, 0.6) is 11.5 Å². The average molecular weight is 401 g/mol. The van der Waals surface area contributed by atoms with Crippen molar-refractivity contribution < 1.29 is 19.7 Å². The number of nitrogens with one attached hydrogen (secondary N) is 1. The van der Waals surface area contributed by atoms with E-state index in [0.717, 1.165) is 37.9 Å². The number of anilines is 1. The summed E-state index contributed by atoms with van der Waals surface area (Å²) in [5, 5.41) is 21.9. The van der Waals surface area contributed by atoms with Gasteiger partial charge in [0.25, 0.3) is 0 Å². The van der Waals surface area contributed by atoms with Gasteiger partial charge in [-0.3, -0.25) is 4.79 Å². The topological polar surface area (TPSA) is 91.7 Å². The Morgan fingerprint density at radius 1 is 1.25 bits per heavy atom. The van der Waals surface area contributed by atoms with Gasteiger partial charge >= 0.3 is 5.97 Å². The van der Waals surface area contributed by atoms with Crippen LogP contribution in [0.2, 0.25) is 5.02 Å². The monoisotopic (exact) mass is 400 g/mol. The van der Waals surface area contributed by atoms with Crippen molar-refractivity contribution >= 4 is 23.4 Å². The summed E-state index contributed by atoms with van der Waals surface area (Å²) < 4.78 is 6.25. The highest BCUT2D eigenvalue weighted by Crippen LogP contribution is 2.33. The van der Waals surface area contributed by atoms with Gasteiger partial charge in [-0.05, 0) is 55.9 Å². The molecule has 1 aromatic heterocycles. The smallest absolute Gasteiger partial charge is 0.322 e. The SMILES string of the molecule is O=C(O)CNc1ncc(C#CC2(Oc3ccc(Cl)cc3)CCCCC2)cc1O. The Balaban J connectivity index is 1.80. The summed E-state index contributed by atoms with van der Waals surface area (Å²) in [5.74, 6) is 5.93. The molecule has 1 saturated carbocycles. The van der Waals surface area contributed by atoms with Gasteiger partial charge in [0.05, 0.1) is 0 Å². The number of carboxylic acid groups (broad SMARTS) is 1. The Morgan fingerprint density at radius 2 is 1.96 bits per heavy atom. The zero-order valence-corrected chi connectivity index (χ0v) is 16.0. The number of pyridine rings is 1. The van der Waals surface area contributed by atoms with Crippen molar-refractivity contribution in [2.45, 2.75) is 37.7 Å². The predicted molar refractivity (Wildman–Crippen MR) is 107 cm³/mol. The van der Waals surface area contributed by atoms with Crippen LogP contribution < -0.4 is 10.1 Å². The molecule has 1 fully saturated rings. The minimum Gasteiger partial charge on any atom is -0.504 e. The fraction of sp³-hybridized carbons (Fsp3) is 0.333. The van der Waals surface area contributed by atoms with Crippen LogP contribution >= 0.6 is 11.6 Å². The van der Waals surface area contributed by atoms with Crippen molar-refractivity contribution in [1.29, 1.82) is 0 Å². The van der Waals surface area contributed by atoms with Gasteiger partial charge in [-0.1, -0.05) is 23.9 Å². The van der Waals surface area contributed by atoms with Crippen LogP contribution in [0.4, 0.5) is 5.82 Å². The van der Waals surface area contributed by atoms with E-state index in [2.05, 4.69) is 22.1 Å². The molecule has 6 nitrogen and oxygen atoms in total. The quantitative estimate of drug-likeness (QED) is 0.655. The van der Waals surface area contributed by atoms with Gasteiger partial charge < -0.3 is 20.3 Å². The average Bonchev–Trinajstić information content (AvgIpc) is 2.68. The second-order valence-corrected chi connectivity index (χ2v) is 7.14. The van der Waals surface area contributed by atoms with Crippen molar-refractivity contribution in [3.63, 3.8) is 0 Å². The molecular formula is C21H21ClN2O4. The highest BCUT2D eigenvalue weighted by molar-refractivity contribution is 6.30. The zero-order chi connectivity index (χ0) is 20.0. The van der Waals surface area contributed by atoms with Crippen molar-refractivity contribution in [2.24, 2.45) is 0 Å². The molecule has 1 aliphatic rings. The maximum Gasteiger partial charge on any atom is 0.322 e. The minimum atomic E-state index is -1.04. The highest BCUT2D eigenvalue weighted by atomic mass is 35.5. The lowest BCUT2D eigenvalue weighted by molar-refractivity contribution is -0.134. The van der Waals surface area contributed by atoms with E-state index in [4.69, 9.17) is 21.4 Å². The molecule has 0 bridgehead atoms. The summed E-state index contributed by atoms with van der Waals surface area (Å²) in [4.78, 5) is 14.7. The molecule has 2 aromatic rings. The van der Waals surface area contributed by atoms with Gasteiger partial charge in [0.2, 0.25) is 0 Å². The Hall–Kier alpha value is -2.91. The number of nitrogens with zero attached hydrogens (tertiary/aromatic N) is 1. The fourth-order valence-electron chi connectivity index (χ4n) is 3.11. The Labute approximate surface area is 168 Å². The summed E-state index contributed by atoms with van der Waals surface area (Å²) in [5.41, 5.74) is -0.0647. The van der Waals surface area contributed by atoms with Gasteiger partial charge in [-0.2, -0.15) is 0 Å². The third kappa shape index (κ3) is 5.30. The van der Waals surface area contributed by atoms with E-state index < -0.39 is 11.6 Å². The molecule has 0 atom stereocenters. The summed E-state index contributed by atoms with van der Waals surface area (Å²) in [6.07, 6.45) is 6.35. The highest BCUT2D eigenvalue weighted by Gasteiger charge is 2.32. The first-order valence-corrected chi connectivity index (χ1v) is 9.46. The summed E-state index contributed by atoms with van der Waals surface area (Å²) in [6, 6.07) is 8.69. The lowest BCUT2D eigenvalue weighted by Gasteiger charge is -2.33. The lowest BCUT2D eigenvalue weighted by Crippen LogP contribution is -2.36. The normalized spacial score (nSPS) is 15.2. The van der Waals surface area contributed by atoms with Crippen molar-refractivity contribution in [2.75, 3.05) is 11.9 Å². The molecule has 0 amide bonds. The van der Waals surface area contributed by atoms with Crippen molar-refractivity contribution in [3.8, 4) is 23.3 Å². The number of ether oxygens (including phenoxy) is 1. The molecule has 1 aliphatic carbocycles. The number of hydrogen-bond acceptors (Lipinski definition) is 5. The van der Waals surface area contributed by atoms with Crippen LogP contribution in [0.25, 0.3) is 0 Å². The molecule has 28 heavy (non-hydrogen) atoms. The van der Waals surface area contributed by atoms with E-state index in [-0.39, 0.29) is 18.1 Å². The van der Waals surface area contributed by atoms with Gasteiger partial charge in [-0.25, -0.2) is 4.98 Å². The third-order valence-corrected chi connectivity index (χ3v) is 4.75. The molecule has 3 N–H and O–H groups in total. The molecule has 0 aliphatic heterocycles. The van der Waals surface area contributed by atoms with E-state index in [9.17, 15) is 9.90 Å². The van der Waals surface area contributed by atoms with E-state index in [1.54, 1.807) is 12.1 Å². The van der Waals surface area contributed by atoms with Gasteiger partial charge in [0, 0.05) is 22.8 Å². The molecule has 3 rings (SSSR count). The van der Waals surface area contributed by atoms with Crippen molar-refractivity contribution in [1.82, 2.24) is 4.98 Å². The Kier molecular flexibility index (Phi) is 6.27. The lowest BCUT2D eigenvalue weighted by atomic mass is 9.85. The first kappa shape index (κ1) is 19.8. The Morgan fingerprint density at radius 3 is 2.61 bits per heavy atom. The zero-order valence-electron chi connectivity index (χ0n) is 15.2. The molecule has 7 heteroatoms. The van der Waals surface area contributed by atoms with Crippen LogP contribution in [0, 0.1) is 11.8 Å². The maximum atomic E-state index is 10.6. The predicted octanol–water partition coefficient (Wildman–Crippen LogP) is 4.07. The maximum absolute atomic E-state index is 10.6. The number of hydrogen-bond donors (Lipinski definition) is 3. The number of aromatic nitrogens is 1. The molecule has 1 heterocycles. The summed E-state index contributed by atoms with van der Waals surface area (Å²) in [6.45, 7) is -0.330. The molecule has 1 aromatic carbocycles. The Bertz CT molecular complexity index is 897. The van der Waals surface area contributed by atoms with Gasteiger partial charge in [-0.15, -0.1) is 0 Å². The molecule has 146 valence electrons. The number of carbonyl (C=O) groups is 1. The number of halogens is 1. The van der Waals surface area contributed by atoms with E-state index >= 15 is 0 Å². The molecule has 0 saturated heterocycles. The van der Waals surface area contributed by atoms with Gasteiger partial charge in [0.15, 0.2) is 17.2 Å². The van der Waals surface area contributed by atoms with Crippen LogP contribution in [-0.4, -0.2) is 33.3 Å². The second kappa shape index (κ2) is 8.85. The molecular weight excluding hydrogens is 380 g/mol. The number of benzene rings is 1. The van der Waals surface area contributed by atoms with Crippen LogP contribution in [0.1, 0.15) is 37.7 Å². The summed E-state index contributed by atoms with van der Waals surface area (Å²) >= 11 is 5.95. The molecule has 0 radical (unpaired) electrons. The fourth-order valence-corrected chi connectivity index (χ4v) is 3.23. The first-order chi connectivity index (χ1) is 13.5. The third-order valence-electron chi connectivity index (χ3n) is 4.50. The van der Waals surface area contributed by atoms with Crippen LogP contribution in [0.15, 0.2) is 36.5 Å². The summed E-state index contributed by atoms with van der Waals surface area (Å²) in [7, 11) is 0. The minimum absolute atomic E-state index is 0.109. The second-order valence-electron chi connectivity index (χ2n) is 6.70. The number of carboxylic acids is 1. The number of aromatic hydroxyl groups is 1.